The van der Waals surface area contributed by atoms with Gasteiger partial charge in [0.2, 0.25) is 5.91 Å². The molecule has 0 aliphatic carbocycles. The van der Waals surface area contributed by atoms with E-state index >= 15 is 0 Å². The topological polar surface area (TPSA) is 73.5 Å². The number of benzene rings is 1. The van der Waals surface area contributed by atoms with E-state index < -0.39 is 17.6 Å². The number of hydrogen-bond donors (Lipinski definition) is 3. The van der Waals surface area contributed by atoms with Crippen molar-refractivity contribution in [2.45, 2.75) is 43.9 Å². The van der Waals surface area contributed by atoms with Gasteiger partial charge in [0.05, 0.1) is 12.1 Å². The van der Waals surface area contributed by atoms with Crippen LogP contribution < -0.4 is 16.0 Å². The van der Waals surface area contributed by atoms with Crippen LogP contribution in [-0.2, 0) is 11.0 Å². The monoisotopic (exact) mass is 412 g/mol. The first-order valence-corrected chi connectivity index (χ1v) is 10.0. The molecule has 2 saturated heterocycles. The molecule has 3 N–H and O–H groups in total. The van der Waals surface area contributed by atoms with Gasteiger partial charge in [0.15, 0.2) is 0 Å². The maximum atomic E-state index is 12.8. The summed E-state index contributed by atoms with van der Waals surface area (Å²) < 4.78 is 38.3. The van der Waals surface area contributed by atoms with Crippen LogP contribution in [0.2, 0.25) is 0 Å². The molecule has 1 aromatic carbocycles. The Kier molecular flexibility index (Phi) is 7.13. The second-order valence-electron chi connectivity index (χ2n) is 7.64. The summed E-state index contributed by atoms with van der Waals surface area (Å²) in [5, 5.41) is 8.71. The quantitative estimate of drug-likeness (QED) is 0.689. The normalized spacial score (nSPS) is 23.4. The fourth-order valence-corrected chi connectivity index (χ4v) is 3.98. The first-order valence-electron chi connectivity index (χ1n) is 10.0. The molecule has 2 aliphatic heterocycles. The summed E-state index contributed by atoms with van der Waals surface area (Å²) in [6.07, 6.45) is -0.249. The molecule has 0 aromatic heterocycles. The van der Waals surface area contributed by atoms with Crippen molar-refractivity contribution in [2.24, 2.45) is 0 Å². The van der Waals surface area contributed by atoms with Crippen LogP contribution >= 0.6 is 0 Å². The smallest absolute Gasteiger partial charge is 0.350 e. The summed E-state index contributed by atoms with van der Waals surface area (Å²) >= 11 is 0. The van der Waals surface area contributed by atoms with Gasteiger partial charge in [-0.2, -0.15) is 13.2 Å². The van der Waals surface area contributed by atoms with Crippen molar-refractivity contribution in [3.63, 3.8) is 0 Å². The molecule has 160 valence electrons. The standard InChI is InChI=1S/C20H27F3N4O2/c21-20(22,23)15-4-1-3-14(11-15)19(29)25-12-18(28)26-16-7-10-27(13-16)17-5-2-8-24-9-6-17/h1,3-4,11,16-17,24H,2,5-10,12-13H2,(H,25,29)(H,26,28)/t16-,17+/m1/s1. The molecule has 2 heterocycles. The highest BCUT2D eigenvalue weighted by Gasteiger charge is 2.31. The lowest BCUT2D eigenvalue weighted by Crippen LogP contribution is -2.44. The number of hydrogen-bond acceptors (Lipinski definition) is 4. The third kappa shape index (κ3) is 6.17. The lowest BCUT2D eigenvalue weighted by Gasteiger charge is -2.26. The number of carbonyl (C=O) groups is 2. The second-order valence-corrected chi connectivity index (χ2v) is 7.64. The fraction of sp³-hybridized carbons (Fsp3) is 0.600. The van der Waals surface area contributed by atoms with Crippen LogP contribution in [0.1, 0.15) is 41.6 Å². The maximum absolute atomic E-state index is 12.8. The van der Waals surface area contributed by atoms with Gasteiger partial charge in [-0.25, -0.2) is 0 Å². The van der Waals surface area contributed by atoms with Crippen LogP contribution in [0.4, 0.5) is 13.2 Å². The van der Waals surface area contributed by atoms with E-state index in [0.717, 1.165) is 64.0 Å². The van der Waals surface area contributed by atoms with Crippen molar-refractivity contribution in [1.82, 2.24) is 20.9 Å². The highest BCUT2D eigenvalue weighted by Crippen LogP contribution is 2.29. The number of likely N-dealkylation sites (tertiary alicyclic amines) is 1. The Labute approximate surface area is 168 Å². The number of nitrogens with zero attached hydrogens (tertiary/aromatic N) is 1. The lowest BCUT2D eigenvalue weighted by atomic mass is 10.1. The molecule has 0 radical (unpaired) electrons. The molecule has 0 saturated carbocycles. The third-order valence-electron chi connectivity index (χ3n) is 5.51. The van der Waals surface area contributed by atoms with Crippen molar-refractivity contribution < 1.29 is 22.8 Å². The molecule has 2 fully saturated rings. The van der Waals surface area contributed by atoms with Gasteiger partial charge in [-0.05, 0) is 57.0 Å². The summed E-state index contributed by atoms with van der Waals surface area (Å²) in [6, 6.07) is 4.72. The van der Waals surface area contributed by atoms with E-state index in [0.29, 0.717) is 6.04 Å². The Hall–Kier alpha value is -2.13. The van der Waals surface area contributed by atoms with Crippen molar-refractivity contribution in [1.29, 1.82) is 0 Å². The Balaban J connectivity index is 1.44. The van der Waals surface area contributed by atoms with E-state index in [9.17, 15) is 22.8 Å². The zero-order valence-corrected chi connectivity index (χ0v) is 16.2. The van der Waals surface area contributed by atoms with Crippen molar-refractivity contribution in [3.05, 3.63) is 35.4 Å². The molecule has 1 aromatic rings. The van der Waals surface area contributed by atoms with Crippen LogP contribution in [0.3, 0.4) is 0 Å². The summed E-state index contributed by atoms with van der Waals surface area (Å²) in [5.74, 6) is -1.04. The number of halogens is 3. The van der Waals surface area contributed by atoms with Gasteiger partial charge in [-0.3, -0.25) is 14.5 Å². The number of alkyl halides is 3. The maximum Gasteiger partial charge on any atom is 0.416 e. The van der Waals surface area contributed by atoms with Crippen LogP contribution in [0.25, 0.3) is 0 Å². The zero-order valence-electron chi connectivity index (χ0n) is 16.2. The number of rotatable bonds is 5. The Morgan fingerprint density at radius 1 is 1.17 bits per heavy atom. The molecular weight excluding hydrogens is 385 g/mol. The van der Waals surface area contributed by atoms with Gasteiger partial charge in [0, 0.05) is 30.7 Å². The predicted octanol–water partition coefficient (Wildman–Crippen LogP) is 1.77. The lowest BCUT2D eigenvalue weighted by molar-refractivity contribution is -0.137. The Morgan fingerprint density at radius 3 is 2.79 bits per heavy atom. The van der Waals surface area contributed by atoms with E-state index in [-0.39, 0.29) is 24.1 Å². The van der Waals surface area contributed by atoms with Crippen LogP contribution in [-0.4, -0.2) is 61.5 Å². The fourth-order valence-electron chi connectivity index (χ4n) is 3.98. The second kappa shape index (κ2) is 9.58. The zero-order chi connectivity index (χ0) is 20.9. The van der Waals surface area contributed by atoms with E-state index in [2.05, 4.69) is 20.9 Å². The molecule has 29 heavy (non-hydrogen) atoms. The van der Waals surface area contributed by atoms with Crippen molar-refractivity contribution >= 4 is 11.8 Å². The number of carbonyl (C=O) groups excluding carboxylic acids is 2. The number of amides is 2. The van der Waals surface area contributed by atoms with E-state index in [1.165, 1.54) is 12.1 Å². The minimum Gasteiger partial charge on any atom is -0.350 e. The van der Waals surface area contributed by atoms with Crippen molar-refractivity contribution in [2.75, 3.05) is 32.7 Å². The van der Waals surface area contributed by atoms with Gasteiger partial charge >= 0.3 is 6.18 Å². The summed E-state index contributed by atoms with van der Waals surface area (Å²) in [5.41, 5.74) is -1.02. The van der Waals surface area contributed by atoms with Crippen molar-refractivity contribution in [3.8, 4) is 0 Å². The molecule has 0 unspecified atom stereocenters. The van der Waals surface area contributed by atoms with E-state index in [1.54, 1.807) is 0 Å². The number of nitrogens with one attached hydrogen (secondary N) is 3. The Morgan fingerprint density at radius 2 is 2.00 bits per heavy atom. The minimum absolute atomic E-state index is 0.0316. The van der Waals surface area contributed by atoms with Gasteiger partial charge < -0.3 is 16.0 Å². The average molecular weight is 412 g/mol. The predicted molar refractivity (Wildman–Crippen MR) is 102 cm³/mol. The summed E-state index contributed by atoms with van der Waals surface area (Å²) in [6.45, 7) is 3.53. The van der Waals surface area contributed by atoms with Gasteiger partial charge in [-0.1, -0.05) is 6.07 Å². The van der Waals surface area contributed by atoms with E-state index in [4.69, 9.17) is 0 Å². The molecular formula is C20H27F3N4O2. The molecule has 2 aliphatic rings. The SMILES string of the molecule is O=C(CNC(=O)c1cccc(C(F)(F)F)c1)N[C@@H]1CCN([C@H]2CCCNCC2)C1. The first kappa shape index (κ1) is 21.6. The Bertz CT molecular complexity index is 718. The van der Waals surface area contributed by atoms with Crippen LogP contribution in [0, 0.1) is 0 Å². The molecule has 0 bridgehead atoms. The average Bonchev–Trinajstić information content (AvgIpc) is 2.97. The van der Waals surface area contributed by atoms with Crippen LogP contribution in [0.15, 0.2) is 24.3 Å². The highest BCUT2D eigenvalue weighted by molar-refractivity contribution is 5.96. The summed E-state index contributed by atoms with van der Waals surface area (Å²) in [7, 11) is 0. The highest BCUT2D eigenvalue weighted by atomic mass is 19.4. The third-order valence-corrected chi connectivity index (χ3v) is 5.51. The molecule has 3 rings (SSSR count). The molecule has 2 atom stereocenters. The van der Waals surface area contributed by atoms with Gasteiger partial charge in [0.25, 0.3) is 5.91 Å². The van der Waals surface area contributed by atoms with E-state index in [1.807, 2.05) is 0 Å². The molecule has 9 heteroatoms. The first-order chi connectivity index (χ1) is 13.8. The minimum atomic E-state index is -4.52. The summed E-state index contributed by atoms with van der Waals surface area (Å²) in [4.78, 5) is 26.7. The van der Waals surface area contributed by atoms with Gasteiger partial charge in [-0.15, -0.1) is 0 Å². The molecule has 6 nitrogen and oxygen atoms in total. The molecule has 0 spiro atoms. The molecule has 2 amide bonds. The van der Waals surface area contributed by atoms with Crippen LogP contribution in [0.5, 0.6) is 0 Å². The largest absolute Gasteiger partial charge is 0.416 e. The van der Waals surface area contributed by atoms with Gasteiger partial charge in [0.1, 0.15) is 0 Å².